The van der Waals surface area contributed by atoms with Gasteiger partial charge in [0.25, 0.3) is 0 Å². The smallest absolute Gasteiger partial charge is 0.135 e. The first-order valence-corrected chi connectivity index (χ1v) is 17.8. The van der Waals surface area contributed by atoms with Crippen molar-refractivity contribution in [1.29, 1.82) is 10.5 Å². The summed E-state index contributed by atoms with van der Waals surface area (Å²) in [7, 11) is 0. The molecule has 0 saturated carbocycles. The average molecular weight is 689 g/mol. The molecule has 2 heterocycles. The van der Waals surface area contributed by atoms with Crippen molar-refractivity contribution in [1.82, 2.24) is 0 Å². The molecule has 0 fully saturated rings. The molecule has 0 saturated heterocycles. The van der Waals surface area contributed by atoms with E-state index in [0.717, 1.165) is 99.5 Å². The van der Waals surface area contributed by atoms with E-state index in [1.807, 2.05) is 72.8 Å². The Kier molecular flexibility index (Phi) is 7.22. The number of benzene rings is 8. The molecule has 8 aromatic carbocycles. The predicted molar refractivity (Wildman–Crippen MR) is 218 cm³/mol. The first kappa shape index (κ1) is 31.1. The Bertz CT molecular complexity index is 3050. The Morgan fingerprint density at radius 3 is 1.43 bits per heavy atom. The van der Waals surface area contributed by atoms with E-state index >= 15 is 0 Å². The van der Waals surface area contributed by atoms with E-state index in [1.165, 1.54) is 0 Å². The lowest BCUT2D eigenvalue weighted by Crippen LogP contribution is -1.94. The summed E-state index contributed by atoms with van der Waals surface area (Å²) >= 11 is 0. The predicted octanol–water partition coefficient (Wildman–Crippen LogP) is 13.6. The summed E-state index contributed by atoms with van der Waals surface area (Å²) in [5.41, 5.74) is 14.1. The highest BCUT2D eigenvalue weighted by Crippen LogP contribution is 2.46. The Hall–Kier alpha value is -7.66. The van der Waals surface area contributed by atoms with Crippen LogP contribution in [0.1, 0.15) is 11.1 Å². The van der Waals surface area contributed by atoms with Crippen LogP contribution in [-0.4, -0.2) is 0 Å². The molecule has 4 heteroatoms. The van der Waals surface area contributed by atoms with Gasteiger partial charge in [-0.3, -0.25) is 0 Å². The van der Waals surface area contributed by atoms with Gasteiger partial charge < -0.3 is 8.83 Å². The molecule has 0 unspecified atom stereocenters. The van der Waals surface area contributed by atoms with Gasteiger partial charge in [0.15, 0.2) is 0 Å². The summed E-state index contributed by atoms with van der Waals surface area (Å²) in [6, 6.07) is 62.2. The quantitative estimate of drug-likeness (QED) is 0.180. The van der Waals surface area contributed by atoms with Gasteiger partial charge in [-0.25, -0.2) is 0 Å². The second-order valence-corrected chi connectivity index (χ2v) is 13.5. The van der Waals surface area contributed by atoms with Gasteiger partial charge in [-0.2, -0.15) is 10.5 Å². The van der Waals surface area contributed by atoms with Crippen molar-refractivity contribution >= 4 is 43.9 Å². The highest BCUT2D eigenvalue weighted by atomic mass is 16.3. The van der Waals surface area contributed by atoms with E-state index < -0.39 is 0 Å². The fourth-order valence-corrected chi connectivity index (χ4v) is 7.83. The van der Waals surface area contributed by atoms with Gasteiger partial charge in [0.2, 0.25) is 0 Å². The fraction of sp³-hybridized carbons (Fsp3) is 0. The lowest BCUT2D eigenvalue weighted by Gasteiger charge is -2.20. The molecule has 0 aliphatic heterocycles. The van der Waals surface area contributed by atoms with Gasteiger partial charge in [0, 0.05) is 32.7 Å². The third-order valence-electron chi connectivity index (χ3n) is 10.4. The van der Waals surface area contributed by atoms with Gasteiger partial charge in [-0.15, -0.1) is 0 Å². The van der Waals surface area contributed by atoms with E-state index in [4.69, 9.17) is 8.83 Å². The molecule has 0 aliphatic rings. The summed E-state index contributed by atoms with van der Waals surface area (Å²) in [5, 5.41) is 24.5. The number of rotatable bonds is 5. The zero-order valence-corrected chi connectivity index (χ0v) is 28.9. The number of fused-ring (bicyclic) bond motifs is 6. The number of para-hydroxylation sites is 2. The summed E-state index contributed by atoms with van der Waals surface area (Å²) in [6.07, 6.45) is 0. The minimum atomic E-state index is 0.503. The lowest BCUT2D eigenvalue weighted by atomic mass is 9.83. The van der Waals surface area contributed by atoms with Crippen molar-refractivity contribution in [2.75, 3.05) is 0 Å². The van der Waals surface area contributed by atoms with Gasteiger partial charge in [0.1, 0.15) is 22.3 Å². The molecule has 4 nitrogen and oxygen atoms in total. The molecular formula is C50H28N2O2. The Labute approximate surface area is 311 Å². The van der Waals surface area contributed by atoms with Crippen molar-refractivity contribution < 1.29 is 8.83 Å². The molecule has 0 aliphatic carbocycles. The maximum absolute atomic E-state index is 10.5. The normalized spacial score (nSPS) is 11.3. The lowest BCUT2D eigenvalue weighted by molar-refractivity contribution is 0.668. The maximum Gasteiger partial charge on any atom is 0.135 e. The van der Waals surface area contributed by atoms with Gasteiger partial charge in [-0.05, 0) is 105 Å². The number of furan rings is 2. The zero-order chi connectivity index (χ0) is 36.2. The van der Waals surface area contributed by atoms with Crippen LogP contribution in [0.15, 0.2) is 179 Å². The van der Waals surface area contributed by atoms with Crippen LogP contribution in [0.4, 0.5) is 0 Å². The summed E-state index contributed by atoms with van der Waals surface area (Å²) in [4.78, 5) is 0. The second kappa shape index (κ2) is 12.5. The van der Waals surface area contributed by atoms with Crippen LogP contribution in [-0.2, 0) is 0 Å². The standard InChI is InChI=1S/C50H28N2O2/c51-29-35-12-4-5-13-38(35)39-21-18-32(24-37(39)30-52)36-27-42(33-19-22-48-44(25-33)40-14-6-8-16-46(40)53-48)50(31-10-2-1-3-11-31)43(28-36)34-20-23-49-45(26-34)41-15-7-9-17-47(41)54-49/h1-28H. The third kappa shape index (κ3) is 5.06. The zero-order valence-electron chi connectivity index (χ0n) is 28.9. The Morgan fingerprint density at radius 1 is 0.315 bits per heavy atom. The van der Waals surface area contributed by atoms with Crippen molar-refractivity contribution in [3.05, 3.63) is 181 Å². The topological polar surface area (TPSA) is 73.9 Å². The maximum atomic E-state index is 10.5. The first-order valence-electron chi connectivity index (χ1n) is 17.8. The fourth-order valence-electron chi connectivity index (χ4n) is 7.83. The summed E-state index contributed by atoms with van der Waals surface area (Å²) in [5.74, 6) is 0. The van der Waals surface area contributed by atoms with Crippen LogP contribution in [0.2, 0.25) is 0 Å². The average Bonchev–Trinajstić information content (AvgIpc) is 3.81. The number of nitriles is 2. The molecule has 10 rings (SSSR count). The SMILES string of the molecule is N#Cc1ccccc1-c1ccc(-c2cc(-c3ccc4oc5ccccc5c4c3)c(-c3ccccc3)c(-c3ccc4oc5ccccc5c4c3)c2)cc1C#N. The van der Waals surface area contributed by atoms with Crippen LogP contribution in [0.5, 0.6) is 0 Å². The van der Waals surface area contributed by atoms with Crippen molar-refractivity contribution in [2.24, 2.45) is 0 Å². The third-order valence-corrected chi connectivity index (χ3v) is 10.4. The summed E-state index contributed by atoms with van der Waals surface area (Å²) in [6.45, 7) is 0. The molecule has 0 radical (unpaired) electrons. The largest absolute Gasteiger partial charge is 0.456 e. The second-order valence-electron chi connectivity index (χ2n) is 13.5. The van der Waals surface area contributed by atoms with Crippen LogP contribution >= 0.6 is 0 Å². The highest BCUT2D eigenvalue weighted by molar-refractivity contribution is 6.09. The van der Waals surface area contributed by atoms with E-state index in [-0.39, 0.29) is 0 Å². The monoisotopic (exact) mass is 688 g/mol. The van der Waals surface area contributed by atoms with Crippen molar-refractivity contribution in [3.8, 4) is 67.8 Å². The number of nitrogens with zero attached hydrogens (tertiary/aromatic N) is 2. The molecule has 0 atom stereocenters. The minimum absolute atomic E-state index is 0.503. The van der Waals surface area contributed by atoms with E-state index in [0.29, 0.717) is 11.1 Å². The molecule has 0 spiro atoms. The molecule has 54 heavy (non-hydrogen) atoms. The first-order chi connectivity index (χ1) is 26.7. The Balaban J connectivity index is 1.27. The summed E-state index contributed by atoms with van der Waals surface area (Å²) < 4.78 is 12.5. The molecule has 0 bridgehead atoms. The van der Waals surface area contributed by atoms with Gasteiger partial charge >= 0.3 is 0 Å². The van der Waals surface area contributed by atoms with Crippen LogP contribution in [0, 0.1) is 22.7 Å². The van der Waals surface area contributed by atoms with Crippen molar-refractivity contribution in [2.45, 2.75) is 0 Å². The molecule has 10 aromatic rings. The van der Waals surface area contributed by atoms with Crippen LogP contribution in [0.3, 0.4) is 0 Å². The van der Waals surface area contributed by atoms with E-state index in [9.17, 15) is 10.5 Å². The molecule has 2 aromatic heterocycles. The number of hydrogen-bond acceptors (Lipinski definition) is 4. The van der Waals surface area contributed by atoms with Crippen LogP contribution < -0.4 is 0 Å². The Morgan fingerprint density at radius 2 is 0.815 bits per heavy atom. The van der Waals surface area contributed by atoms with Gasteiger partial charge in [0.05, 0.1) is 23.3 Å². The van der Waals surface area contributed by atoms with E-state index in [1.54, 1.807) is 6.07 Å². The molecular weight excluding hydrogens is 661 g/mol. The molecule has 0 amide bonds. The molecule has 250 valence electrons. The highest BCUT2D eigenvalue weighted by Gasteiger charge is 2.20. The van der Waals surface area contributed by atoms with Gasteiger partial charge in [-0.1, -0.05) is 109 Å². The molecule has 0 N–H and O–H groups in total. The van der Waals surface area contributed by atoms with E-state index in [2.05, 4.69) is 103 Å². The van der Waals surface area contributed by atoms with Crippen LogP contribution in [0.25, 0.3) is 99.5 Å². The minimum Gasteiger partial charge on any atom is -0.456 e. The van der Waals surface area contributed by atoms with Crippen molar-refractivity contribution in [3.63, 3.8) is 0 Å². The number of hydrogen-bond donors (Lipinski definition) is 0.